The lowest BCUT2D eigenvalue weighted by Gasteiger charge is -2.46. The number of carbonyl (C=O) groups excluding carboxylic acids is 3. The molecule has 2 heterocycles. The van der Waals surface area contributed by atoms with Crippen LogP contribution in [0.2, 0.25) is 10.0 Å². The van der Waals surface area contributed by atoms with Crippen LogP contribution in [0.3, 0.4) is 0 Å². The van der Waals surface area contributed by atoms with Crippen LogP contribution < -0.4 is 10.1 Å². The van der Waals surface area contributed by atoms with Gasteiger partial charge in [-0.25, -0.2) is 4.79 Å². The third kappa shape index (κ3) is 11.2. The third-order valence-electron chi connectivity index (χ3n) is 12.6. The first-order chi connectivity index (χ1) is 30.9. The van der Waals surface area contributed by atoms with E-state index in [2.05, 4.69) is 22.3 Å². The maximum absolute atomic E-state index is 13.9. The summed E-state index contributed by atoms with van der Waals surface area (Å²) in [5, 5.41) is 3.16. The van der Waals surface area contributed by atoms with Crippen molar-refractivity contribution in [1.82, 2.24) is 20.0 Å². The number of para-hydroxylation sites is 1. The predicted molar refractivity (Wildman–Crippen MR) is 231 cm³/mol. The summed E-state index contributed by atoms with van der Waals surface area (Å²) in [6.45, 7) is 1.99. The van der Waals surface area contributed by atoms with Gasteiger partial charge in [0, 0.05) is 44.2 Å². The average Bonchev–Trinajstić information content (AvgIpc) is 3.58. The molecule has 348 valence electrons. The molecule has 1 spiro atoms. The zero-order valence-electron chi connectivity index (χ0n) is 35.5. The second-order valence-electron chi connectivity index (χ2n) is 16.7. The molecule has 4 aromatic carbocycles. The van der Waals surface area contributed by atoms with Gasteiger partial charge in [0.15, 0.2) is 0 Å². The summed E-state index contributed by atoms with van der Waals surface area (Å²) in [7, 11) is 1.69. The fraction of sp³-hybridized carbons (Fsp3) is 0.426. The zero-order chi connectivity index (χ0) is 46.6. The first-order valence-electron chi connectivity index (χ1n) is 21.2. The number of fused-ring (bicyclic) bond motifs is 2. The van der Waals surface area contributed by atoms with Crippen LogP contribution in [0.5, 0.6) is 5.75 Å². The molecule has 18 heteroatoms. The molecule has 3 amide bonds. The molecule has 0 unspecified atom stereocenters. The number of ether oxygens (including phenoxy) is 3. The van der Waals surface area contributed by atoms with Crippen molar-refractivity contribution < 1.29 is 54.9 Å². The molecule has 10 nitrogen and oxygen atoms in total. The highest BCUT2D eigenvalue weighted by atomic mass is 35.5. The fourth-order valence-electron chi connectivity index (χ4n) is 9.09. The number of nitrogens with zero attached hydrogens (tertiary/aromatic N) is 3. The van der Waals surface area contributed by atoms with Crippen LogP contribution in [-0.2, 0) is 44.1 Å². The lowest BCUT2D eigenvalue weighted by atomic mass is 9.72. The lowest BCUT2D eigenvalue weighted by molar-refractivity contribution is -0.143. The van der Waals surface area contributed by atoms with Crippen LogP contribution in [0.25, 0.3) is 0 Å². The molecule has 2 atom stereocenters. The molecular weight excluding hydrogens is 901 g/mol. The first kappa shape index (κ1) is 48.1. The Kier molecular flexibility index (Phi) is 14.7. The van der Waals surface area contributed by atoms with Crippen LogP contribution in [0.4, 0.5) is 31.1 Å². The van der Waals surface area contributed by atoms with E-state index in [4.69, 9.17) is 37.4 Å². The Labute approximate surface area is 382 Å². The smallest absolute Gasteiger partial charge is 0.410 e. The Balaban J connectivity index is 1.00. The van der Waals surface area contributed by atoms with E-state index >= 15 is 0 Å². The summed E-state index contributed by atoms with van der Waals surface area (Å²) in [6.07, 6.45) is -8.27. The van der Waals surface area contributed by atoms with Crippen molar-refractivity contribution in [2.24, 2.45) is 0 Å². The number of piperidine rings is 1. The zero-order valence-corrected chi connectivity index (χ0v) is 37.0. The molecule has 4 aromatic rings. The largest absolute Gasteiger partial charge is 0.416 e. The Bertz CT molecular complexity index is 2310. The number of alkyl halides is 6. The van der Waals surface area contributed by atoms with Crippen molar-refractivity contribution in [3.63, 3.8) is 0 Å². The molecule has 2 aliphatic heterocycles. The average molecular weight is 950 g/mol. The molecule has 2 fully saturated rings. The number of hydrogen-bond donors (Lipinski definition) is 1. The predicted octanol–water partition coefficient (Wildman–Crippen LogP) is 9.40. The van der Waals surface area contributed by atoms with E-state index in [0.717, 1.165) is 5.56 Å². The van der Waals surface area contributed by atoms with Crippen molar-refractivity contribution in [1.29, 1.82) is 0 Å². The number of benzene rings is 4. The molecule has 1 aliphatic carbocycles. The van der Waals surface area contributed by atoms with Crippen LogP contribution in [0.15, 0.2) is 91.0 Å². The standard InChI is InChI=1S/C47H48Cl2F6N4O6/c1-57(18-7-17-56-43(62)65-36-9-3-2-4-10-36)41(60)29-63-40-26-31-8-5-6-11-37(31)44(40)14-19-58(20-15-44)21-16-45(33-12-13-38(48)39(49)28-33)30-59(22-23-64-45)42(61)32-24-34(46(50,51)52)27-35(25-32)47(53,54)55/h2-6,8-13,24-25,27-28,40H,7,14-23,26,29-30H2,1H3,(H,56,62)/t40-,45-/m0/s1. The number of nitrogens with one attached hydrogen (secondary N) is 1. The van der Waals surface area contributed by atoms with Gasteiger partial charge in [0.1, 0.15) is 18.0 Å². The second kappa shape index (κ2) is 19.9. The van der Waals surface area contributed by atoms with Crippen LogP contribution in [0.1, 0.15) is 63.9 Å². The molecule has 0 radical (unpaired) electrons. The molecule has 0 bridgehead atoms. The quantitative estimate of drug-likeness (QED) is 0.105. The van der Waals surface area contributed by atoms with Crippen LogP contribution in [0, 0.1) is 0 Å². The fourth-order valence-corrected chi connectivity index (χ4v) is 9.39. The van der Waals surface area contributed by atoms with E-state index in [1.807, 2.05) is 18.2 Å². The molecule has 65 heavy (non-hydrogen) atoms. The van der Waals surface area contributed by atoms with E-state index in [-0.39, 0.29) is 59.8 Å². The minimum Gasteiger partial charge on any atom is -0.410 e. The number of likely N-dealkylation sites (N-methyl/N-ethyl adjacent to an activating group) is 1. The van der Waals surface area contributed by atoms with Crippen molar-refractivity contribution in [2.75, 3.05) is 66.1 Å². The first-order valence-corrected chi connectivity index (χ1v) is 22.0. The van der Waals surface area contributed by atoms with Gasteiger partial charge in [-0.15, -0.1) is 0 Å². The Morgan fingerprint density at radius 3 is 2.22 bits per heavy atom. The number of hydrogen-bond acceptors (Lipinski definition) is 7. The third-order valence-corrected chi connectivity index (χ3v) is 13.4. The van der Waals surface area contributed by atoms with E-state index in [1.54, 1.807) is 54.4 Å². The molecule has 3 aliphatic rings. The minimum absolute atomic E-state index is 0.00618. The van der Waals surface area contributed by atoms with Crippen molar-refractivity contribution in [2.45, 2.75) is 61.6 Å². The second-order valence-corrected chi connectivity index (χ2v) is 17.5. The van der Waals surface area contributed by atoms with Gasteiger partial charge in [0.2, 0.25) is 5.91 Å². The summed E-state index contributed by atoms with van der Waals surface area (Å²) in [5.41, 5.74) is -2.63. The van der Waals surface area contributed by atoms with Gasteiger partial charge in [0.25, 0.3) is 5.91 Å². The maximum atomic E-state index is 13.9. The minimum atomic E-state index is -5.12. The van der Waals surface area contributed by atoms with Crippen molar-refractivity contribution in [3.05, 3.63) is 134 Å². The van der Waals surface area contributed by atoms with Crippen molar-refractivity contribution in [3.8, 4) is 5.75 Å². The summed E-state index contributed by atoms with van der Waals surface area (Å²) in [5.74, 6) is -0.764. The highest BCUT2D eigenvalue weighted by Crippen LogP contribution is 2.48. The number of amides is 3. The van der Waals surface area contributed by atoms with Gasteiger partial charge in [0.05, 0.1) is 40.4 Å². The topological polar surface area (TPSA) is 101 Å². The number of rotatable bonds is 13. The molecule has 0 saturated carbocycles. The molecule has 2 saturated heterocycles. The van der Waals surface area contributed by atoms with E-state index < -0.39 is 46.6 Å². The lowest BCUT2D eigenvalue weighted by Crippen LogP contribution is -2.54. The number of carbonyl (C=O) groups is 3. The Morgan fingerprint density at radius 1 is 0.862 bits per heavy atom. The van der Waals surface area contributed by atoms with E-state index in [9.17, 15) is 40.7 Å². The summed E-state index contributed by atoms with van der Waals surface area (Å²) in [6, 6.07) is 22.6. The highest BCUT2D eigenvalue weighted by Gasteiger charge is 2.50. The Hall–Kier alpha value is -4.87. The summed E-state index contributed by atoms with van der Waals surface area (Å²) >= 11 is 12.7. The molecule has 0 aromatic heterocycles. The number of likely N-dealkylation sites (tertiary alicyclic amines) is 1. The van der Waals surface area contributed by atoms with Gasteiger partial charge >= 0.3 is 18.4 Å². The summed E-state index contributed by atoms with van der Waals surface area (Å²) in [4.78, 5) is 44.3. The van der Waals surface area contributed by atoms with Gasteiger partial charge in [-0.05, 0) is 104 Å². The Morgan fingerprint density at radius 2 is 1.54 bits per heavy atom. The molecule has 1 N–H and O–H groups in total. The van der Waals surface area contributed by atoms with Gasteiger partial charge in [-0.3, -0.25) is 9.59 Å². The molecule has 7 rings (SSSR count). The number of halogens is 8. The number of morpholine rings is 1. The maximum Gasteiger partial charge on any atom is 0.416 e. The highest BCUT2D eigenvalue weighted by molar-refractivity contribution is 6.42. The van der Waals surface area contributed by atoms with E-state index in [1.165, 1.54) is 10.5 Å². The molecular formula is C47H48Cl2F6N4O6. The SMILES string of the molecule is CN(CCCNC(=O)Oc1ccccc1)C(=O)CO[C@H]1Cc2ccccc2C12CCN(CC[C@@]1(c3ccc(Cl)c(Cl)c3)CN(C(=O)c3cc(C(F)(F)F)cc(C(F)(F)F)c3)CCO1)CC2. The van der Waals surface area contributed by atoms with Gasteiger partial charge < -0.3 is 34.2 Å². The van der Waals surface area contributed by atoms with Crippen LogP contribution in [-0.4, -0.2) is 105 Å². The normalized spacial score (nSPS) is 19.8. The van der Waals surface area contributed by atoms with Gasteiger partial charge in [-0.1, -0.05) is 71.7 Å². The monoisotopic (exact) mass is 948 g/mol. The van der Waals surface area contributed by atoms with Crippen LogP contribution >= 0.6 is 23.2 Å². The van der Waals surface area contributed by atoms with Gasteiger partial charge in [-0.2, -0.15) is 26.3 Å². The van der Waals surface area contributed by atoms with Crippen molar-refractivity contribution >= 4 is 41.1 Å². The van der Waals surface area contributed by atoms with E-state index in [0.29, 0.717) is 88.3 Å². The summed E-state index contributed by atoms with van der Waals surface area (Å²) < 4.78 is 101.